The summed E-state index contributed by atoms with van der Waals surface area (Å²) in [6.45, 7) is -0.0734. The summed E-state index contributed by atoms with van der Waals surface area (Å²) in [6, 6.07) is 3.87. The van der Waals surface area contributed by atoms with Crippen molar-refractivity contribution in [3.05, 3.63) is 29.8 Å². The molecule has 0 bridgehead atoms. The molecule has 1 aromatic carbocycles. The number of para-hydroxylation sites is 1. The van der Waals surface area contributed by atoms with Crippen LogP contribution in [0.1, 0.15) is 44.1 Å². The molecule has 2 heterocycles. The molecule has 4 aliphatic rings. The van der Waals surface area contributed by atoms with Gasteiger partial charge in [0.25, 0.3) is 0 Å². The van der Waals surface area contributed by atoms with E-state index in [0.29, 0.717) is 11.3 Å². The van der Waals surface area contributed by atoms with Gasteiger partial charge in [-0.2, -0.15) is 13.2 Å². The van der Waals surface area contributed by atoms with Crippen molar-refractivity contribution in [2.24, 2.45) is 17.6 Å². The fourth-order valence-electron chi connectivity index (χ4n) is 5.85. The molecular formula is C25H28F5N5O4. The first-order valence-corrected chi connectivity index (χ1v) is 12.7. The molecule has 1 saturated heterocycles. The Balaban J connectivity index is 1.35. The molecule has 39 heavy (non-hydrogen) atoms. The van der Waals surface area contributed by atoms with Crippen LogP contribution >= 0.6 is 0 Å². The molecule has 5 N–H and O–H groups in total. The van der Waals surface area contributed by atoms with Crippen molar-refractivity contribution in [3.8, 4) is 0 Å². The second-order valence-electron chi connectivity index (χ2n) is 11.0. The number of hydrogen-bond acceptors (Lipinski definition) is 5. The average Bonchev–Trinajstić information content (AvgIpc) is 3.52. The normalized spacial score (nSPS) is 27.4. The van der Waals surface area contributed by atoms with Gasteiger partial charge in [0.05, 0.1) is 11.6 Å². The minimum absolute atomic E-state index is 0.0683. The van der Waals surface area contributed by atoms with Gasteiger partial charge in [0.2, 0.25) is 23.6 Å². The number of amides is 4. The minimum atomic E-state index is -5.33. The zero-order chi connectivity index (χ0) is 28.3. The van der Waals surface area contributed by atoms with Gasteiger partial charge in [-0.3, -0.25) is 19.2 Å². The predicted octanol–water partition coefficient (Wildman–Crippen LogP) is 1.77. The lowest BCUT2D eigenvalue weighted by Crippen LogP contribution is -2.61. The van der Waals surface area contributed by atoms with E-state index < -0.39 is 72.2 Å². The summed E-state index contributed by atoms with van der Waals surface area (Å²) in [6.07, 6.45) is -6.15. The van der Waals surface area contributed by atoms with Gasteiger partial charge >= 0.3 is 12.1 Å². The van der Waals surface area contributed by atoms with E-state index in [9.17, 15) is 41.1 Å². The number of nitrogens with one attached hydrogen (secondary N) is 3. The average molecular weight is 558 g/mol. The zero-order valence-electron chi connectivity index (χ0n) is 20.7. The Morgan fingerprint density at radius 1 is 1.10 bits per heavy atom. The molecule has 1 unspecified atom stereocenters. The fourth-order valence-corrected chi connectivity index (χ4v) is 5.85. The number of fused-ring (bicyclic) bond motifs is 2. The van der Waals surface area contributed by atoms with Crippen molar-refractivity contribution in [3.63, 3.8) is 0 Å². The lowest BCUT2D eigenvalue weighted by molar-refractivity contribution is -0.178. The Bertz CT molecular complexity index is 1200. The maximum Gasteiger partial charge on any atom is 0.471 e. The summed E-state index contributed by atoms with van der Waals surface area (Å²) in [7, 11) is 0. The Morgan fingerprint density at radius 3 is 2.38 bits per heavy atom. The highest BCUT2D eigenvalue weighted by Crippen LogP contribution is 2.46. The highest BCUT2D eigenvalue weighted by Gasteiger charge is 2.56. The van der Waals surface area contributed by atoms with Crippen molar-refractivity contribution < 1.29 is 41.1 Å². The van der Waals surface area contributed by atoms with Gasteiger partial charge in [0, 0.05) is 31.5 Å². The maximum absolute atomic E-state index is 13.7. The number of likely N-dealkylation sites (tertiary alicyclic amines) is 1. The second-order valence-corrected chi connectivity index (χ2v) is 11.0. The van der Waals surface area contributed by atoms with Crippen LogP contribution in [0.3, 0.4) is 0 Å². The fraction of sp³-hybridized carbons (Fsp3) is 0.600. The van der Waals surface area contributed by atoms with Crippen molar-refractivity contribution in [2.45, 2.75) is 74.3 Å². The van der Waals surface area contributed by atoms with E-state index in [4.69, 9.17) is 5.73 Å². The first kappa shape index (κ1) is 27.3. The van der Waals surface area contributed by atoms with Crippen molar-refractivity contribution in [1.29, 1.82) is 0 Å². The summed E-state index contributed by atoms with van der Waals surface area (Å²) in [5, 5.41) is 6.74. The van der Waals surface area contributed by atoms with E-state index in [1.807, 2.05) is 0 Å². The summed E-state index contributed by atoms with van der Waals surface area (Å²) < 4.78 is 65.8. The molecule has 2 aliphatic heterocycles. The highest BCUT2D eigenvalue weighted by molar-refractivity contribution is 6.07. The van der Waals surface area contributed by atoms with Gasteiger partial charge in [-0.1, -0.05) is 31.0 Å². The molecule has 3 fully saturated rings. The Labute approximate surface area is 220 Å². The Morgan fingerprint density at radius 2 is 1.77 bits per heavy atom. The summed E-state index contributed by atoms with van der Waals surface area (Å²) in [5.41, 5.74) is 6.49. The lowest BCUT2D eigenvalue weighted by atomic mass is 9.76. The number of rotatable bonds is 7. The lowest BCUT2D eigenvalue weighted by Gasteiger charge is -2.40. The number of carbonyl (C=O) groups is 4. The quantitative estimate of drug-likeness (QED) is 0.380. The molecule has 1 aromatic rings. The number of halogens is 5. The highest BCUT2D eigenvalue weighted by atomic mass is 19.4. The van der Waals surface area contributed by atoms with Crippen molar-refractivity contribution in [2.75, 3.05) is 11.9 Å². The van der Waals surface area contributed by atoms with E-state index in [-0.39, 0.29) is 31.2 Å². The Kier molecular flexibility index (Phi) is 6.59. The first-order valence-electron chi connectivity index (χ1n) is 12.7. The maximum atomic E-state index is 13.7. The third-order valence-corrected chi connectivity index (χ3v) is 8.11. The van der Waals surface area contributed by atoms with Crippen LogP contribution in [0.5, 0.6) is 0 Å². The molecule has 4 atom stereocenters. The van der Waals surface area contributed by atoms with Crippen LogP contribution in [0.15, 0.2) is 24.3 Å². The number of hydrogen-bond donors (Lipinski definition) is 4. The minimum Gasteiger partial charge on any atom is -0.342 e. The van der Waals surface area contributed by atoms with Gasteiger partial charge in [-0.05, 0) is 29.9 Å². The molecule has 0 aromatic heterocycles. The molecule has 2 saturated carbocycles. The number of nitrogens with two attached hydrogens (primary N) is 1. The number of anilines is 1. The van der Waals surface area contributed by atoms with E-state index in [1.165, 1.54) is 10.2 Å². The molecule has 4 amide bonds. The van der Waals surface area contributed by atoms with Crippen LogP contribution in [-0.4, -0.2) is 65.4 Å². The summed E-state index contributed by atoms with van der Waals surface area (Å²) in [5.74, 6) is -8.87. The van der Waals surface area contributed by atoms with Gasteiger partial charge in [0.1, 0.15) is 12.1 Å². The van der Waals surface area contributed by atoms with Crippen LogP contribution in [0.2, 0.25) is 0 Å². The predicted molar refractivity (Wildman–Crippen MR) is 126 cm³/mol. The zero-order valence-corrected chi connectivity index (χ0v) is 20.7. The van der Waals surface area contributed by atoms with E-state index >= 15 is 0 Å². The largest absolute Gasteiger partial charge is 0.471 e. The topological polar surface area (TPSA) is 134 Å². The number of benzene rings is 1. The monoisotopic (exact) mass is 557 g/mol. The molecule has 2 aliphatic carbocycles. The van der Waals surface area contributed by atoms with Crippen molar-refractivity contribution in [1.82, 2.24) is 15.5 Å². The van der Waals surface area contributed by atoms with E-state index in [1.54, 1.807) is 24.3 Å². The standard InChI is InChI=1S/C25H28F5N5O4/c26-24(27)8-13(9-24)18(34-22(39)25(28,29)30)19(36)32-16(7-12-5-6-12)20(37)35-11-23(10-17(35)31)14-3-1-2-4-15(14)33-21(23)38/h1-4,12-13,16-18H,5-11,31H2,(H,32,36)(H,33,38)(H,34,39)/t16?,17-,18-,23-/m0/s1. The van der Waals surface area contributed by atoms with Crippen LogP contribution in [-0.2, 0) is 24.6 Å². The summed E-state index contributed by atoms with van der Waals surface area (Å²) in [4.78, 5) is 52.6. The van der Waals surface area contributed by atoms with Crippen LogP contribution < -0.4 is 21.7 Å². The third kappa shape index (κ3) is 5.18. The molecule has 1 spiro atoms. The van der Waals surface area contributed by atoms with E-state index in [0.717, 1.165) is 12.8 Å². The molecular weight excluding hydrogens is 529 g/mol. The van der Waals surface area contributed by atoms with E-state index in [2.05, 4.69) is 10.6 Å². The first-order chi connectivity index (χ1) is 18.2. The van der Waals surface area contributed by atoms with Gasteiger partial charge in [-0.25, -0.2) is 8.78 Å². The molecule has 5 rings (SSSR count). The number of alkyl halides is 5. The van der Waals surface area contributed by atoms with Crippen LogP contribution in [0.25, 0.3) is 0 Å². The van der Waals surface area contributed by atoms with Gasteiger partial charge in [-0.15, -0.1) is 0 Å². The third-order valence-electron chi connectivity index (χ3n) is 8.11. The summed E-state index contributed by atoms with van der Waals surface area (Å²) >= 11 is 0. The number of carbonyl (C=O) groups excluding carboxylic acids is 4. The Hall–Kier alpha value is -3.29. The van der Waals surface area contributed by atoms with Gasteiger partial charge < -0.3 is 26.6 Å². The number of nitrogens with zero attached hydrogens (tertiary/aromatic N) is 1. The van der Waals surface area contributed by atoms with Gasteiger partial charge in [0.15, 0.2) is 0 Å². The molecule has 14 heteroatoms. The smallest absolute Gasteiger partial charge is 0.342 e. The molecule has 0 radical (unpaired) electrons. The van der Waals surface area contributed by atoms with Crippen LogP contribution in [0, 0.1) is 11.8 Å². The second kappa shape index (κ2) is 9.42. The molecule has 9 nitrogen and oxygen atoms in total. The van der Waals surface area contributed by atoms with Crippen LogP contribution in [0.4, 0.5) is 27.6 Å². The van der Waals surface area contributed by atoms with Crippen molar-refractivity contribution >= 4 is 29.3 Å². The molecule has 212 valence electrons. The SMILES string of the molecule is N[C@@H]1C[C@@]2(CN1C(=O)C(CC1CC1)NC(=O)[C@@H](NC(=O)C(F)(F)F)C1CC(F)(F)C1)C(=O)Nc1ccccc12.